The van der Waals surface area contributed by atoms with Gasteiger partial charge < -0.3 is 10.2 Å². The molecule has 3 rings (SSSR count). The van der Waals surface area contributed by atoms with Gasteiger partial charge in [0.2, 0.25) is 0 Å². The zero-order chi connectivity index (χ0) is 15.1. The van der Waals surface area contributed by atoms with E-state index in [1.807, 2.05) is 51.2 Å². The maximum Gasteiger partial charge on any atom is 0.129 e. The Hall–Kier alpha value is -2.01. The first kappa shape index (κ1) is 13.9. The molecule has 1 aromatic carbocycles. The van der Waals surface area contributed by atoms with Crippen LogP contribution >= 0.6 is 15.9 Å². The summed E-state index contributed by atoms with van der Waals surface area (Å²) >= 11 is 3.50. The third-order valence-electron chi connectivity index (χ3n) is 3.50. The summed E-state index contributed by atoms with van der Waals surface area (Å²) in [6, 6.07) is 10.0. The van der Waals surface area contributed by atoms with E-state index < -0.39 is 0 Å². The molecule has 3 aromatic rings. The zero-order valence-corrected chi connectivity index (χ0v) is 13.7. The van der Waals surface area contributed by atoms with E-state index in [-0.39, 0.29) is 0 Å². The highest BCUT2D eigenvalue weighted by atomic mass is 79.9. The number of nitrogens with zero attached hydrogens (tertiary/aromatic N) is 2. The second kappa shape index (κ2) is 5.07. The predicted molar refractivity (Wildman–Crippen MR) is 87.9 cm³/mol. The van der Waals surface area contributed by atoms with E-state index in [1.165, 1.54) is 0 Å². The minimum absolute atomic E-state index is 0.640. The van der Waals surface area contributed by atoms with Crippen molar-refractivity contribution in [1.82, 2.24) is 9.78 Å². The quantitative estimate of drug-likeness (QED) is 0.752. The molecule has 4 nitrogen and oxygen atoms in total. The van der Waals surface area contributed by atoms with Crippen LogP contribution in [0.15, 0.2) is 39.2 Å². The van der Waals surface area contributed by atoms with E-state index in [0.717, 1.165) is 38.4 Å². The lowest BCUT2D eigenvalue weighted by atomic mass is 10.0. The van der Waals surface area contributed by atoms with Gasteiger partial charge in [0.15, 0.2) is 0 Å². The summed E-state index contributed by atoms with van der Waals surface area (Å²) < 4.78 is 8.34. The lowest BCUT2D eigenvalue weighted by molar-refractivity contribution is 0.505. The largest absolute Gasteiger partial charge is 0.466 e. The molecule has 2 heterocycles. The Morgan fingerprint density at radius 1 is 1.24 bits per heavy atom. The summed E-state index contributed by atoms with van der Waals surface area (Å²) in [7, 11) is 1.85. The lowest BCUT2D eigenvalue weighted by Crippen LogP contribution is -1.97. The van der Waals surface area contributed by atoms with Crippen LogP contribution in [0.25, 0.3) is 22.4 Å². The molecule has 2 N–H and O–H groups in total. The molecular weight excluding hydrogens is 330 g/mol. The van der Waals surface area contributed by atoms with Gasteiger partial charge in [-0.05, 0) is 37.6 Å². The van der Waals surface area contributed by atoms with Crippen molar-refractivity contribution in [2.45, 2.75) is 13.8 Å². The first-order valence-corrected chi connectivity index (χ1v) is 7.42. The molecule has 0 aliphatic heterocycles. The molecule has 0 saturated heterocycles. The van der Waals surface area contributed by atoms with Crippen LogP contribution in [0.3, 0.4) is 0 Å². The highest BCUT2D eigenvalue weighted by Gasteiger charge is 2.20. The van der Waals surface area contributed by atoms with Crippen LogP contribution in [0.4, 0.5) is 5.82 Å². The first-order chi connectivity index (χ1) is 9.97. The third kappa shape index (κ3) is 2.38. The monoisotopic (exact) mass is 345 g/mol. The van der Waals surface area contributed by atoms with Crippen molar-refractivity contribution < 1.29 is 4.42 Å². The van der Waals surface area contributed by atoms with Gasteiger partial charge in [-0.2, -0.15) is 5.10 Å². The fraction of sp³-hybridized carbons (Fsp3) is 0.188. The van der Waals surface area contributed by atoms with Crippen molar-refractivity contribution in [3.8, 4) is 22.4 Å². The Labute approximate surface area is 131 Å². The number of anilines is 1. The van der Waals surface area contributed by atoms with Crippen LogP contribution < -0.4 is 5.73 Å². The van der Waals surface area contributed by atoms with Gasteiger partial charge in [-0.3, -0.25) is 4.68 Å². The Morgan fingerprint density at radius 3 is 2.62 bits per heavy atom. The number of nitrogen functional groups attached to an aromatic ring is 1. The fourth-order valence-corrected chi connectivity index (χ4v) is 2.92. The minimum Gasteiger partial charge on any atom is -0.466 e. The summed E-state index contributed by atoms with van der Waals surface area (Å²) in [5.41, 5.74) is 10.0. The van der Waals surface area contributed by atoms with E-state index in [1.54, 1.807) is 4.68 Å². The van der Waals surface area contributed by atoms with Crippen LogP contribution in [0.5, 0.6) is 0 Å². The van der Waals surface area contributed by atoms with Gasteiger partial charge in [-0.1, -0.05) is 28.1 Å². The van der Waals surface area contributed by atoms with Crippen molar-refractivity contribution in [1.29, 1.82) is 0 Å². The summed E-state index contributed by atoms with van der Waals surface area (Å²) in [5.74, 6) is 2.36. The maximum atomic E-state index is 6.23. The Morgan fingerprint density at radius 2 is 2.00 bits per heavy atom. The van der Waals surface area contributed by atoms with Gasteiger partial charge in [0.05, 0.1) is 5.56 Å². The average molecular weight is 346 g/mol. The number of hydrogen-bond donors (Lipinski definition) is 1. The Balaban J connectivity index is 2.28. The second-order valence-corrected chi connectivity index (χ2v) is 5.99. The average Bonchev–Trinajstić information content (AvgIpc) is 2.90. The number of benzene rings is 1. The van der Waals surface area contributed by atoms with E-state index in [0.29, 0.717) is 5.82 Å². The van der Waals surface area contributed by atoms with Crippen molar-refractivity contribution in [2.75, 3.05) is 5.73 Å². The smallest absolute Gasteiger partial charge is 0.129 e. The normalized spacial score (nSPS) is 11.0. The molecule has 5 heteroatoms. The van der Waals surface area contributed by atoms with Crippen LogP contribution in [-0.4, -0.2) is 9.78 Å². The van der Waals surface area contributed by atoms with E-state index in [9.17, 15) is 0 Å². The second-order valence-electron chi connectivity index (χ2n) is 5.07. The SMILES string of the molecule is Cc1cc(-c2nn(C)c(N)c2-c2cccc(Br)c2)c(C)o1. The first-order valence-electron chi connectivity index (χ1n) is 6.63. The summed E-state index contributed by atoms with van der Waals surface area (Å²) in [6.07, 6.45) is 0. The van der Waals surface area contributed by atoms with Gasteiger partial charge in [0.1, 0.15) is 23.0 Å². The Kier molecular flexibility index (Phi) is 3.37. The van der Waals surface area contributed by atoms with Crippen molar-refractivity contribution in [3.63, 3.8) is 0 Å². The zero-order valence-electron chi connectivity index (χ0n) is 12.1. The molecule has 0 unspecified atom stereocenters. The highest BCUT2D eigenvalue weighted by molar-refractivity contribution is 9.10. The highest BCUT2D eigenvalue weighted by Crippen LogP contribution is 2.38. The van der Waals surface area contributed by atoms with E-state index in [4.69, 9.17) is 10.2 Å². The van der Waals surface area contributed by atoms with Gasteiger partial charge in [-0.25, -0.2) is 0 Å². The van der Waals surface area contributed by atoms with E-state index >= 15 is 0 Å². The molecule has 0 amide bonds. The molecule has 0 bridgehead atoms. The van der Waals surface area contributed by atoms with Crippen LogP contribution in [-0.2, 0) is 7.05 Å². The lowest BCUT2D eigenvalue weighted by Gasteiger charge is -2.04. The molecule has 0 saturated carbocycles. The standard InChI is InChI=1S/C16H16BrN3O/c1-9-7-13(10(2)21-9)15-14(16(18)20(3)19-15)11-5-4-6-12(17)8-11/h4-8H,18H2,1-3H3. The number of nitrogens with two attached hydrogens (primary N) is 1. The Bertz CT molecular complexity index is 817. The molecule has 21 heavy (non-hydrogen) atoms. The van der Waals surface area contributed by atoms with Gasteiger partial charge >= 0.3 is 0 Å². The molecule has 2 aromatic heterocycles. The predicted octanol–water partition coefficient (Wildman–Crippen LogP) is 4.31. The summed E-state index contributed by atoms with van der Waals surface area (Å²) in [4.78, 5) is 0. The number of halogens is 1. The van der Waals surface area contributed by atoms with Gasteiger partial charge in [0, 0.05) is 17.1 Å². The van der Waals surface area contributed by atoms with Crippen molar-refractivity contribution >= 4 is 21.7 Å². The molecule has 0 fully saturated rings. The molecule has 0 radical (unpaired) electrons. The molecule has 0 spiro atoms. The summed E-state index contributed by atoms with van der Waals surface area (Å²) in [5, 5.41) is 4.58. The van der Waals surface area contributed by atoms with Gasteiger partial charge in [-0.15, -0.1) is 0 Å². The number of rotatable bonds is 2. The van der Waals surface area contributed by atoms with Crippen LogP contribution in [0.2, 0.25) is 0 Å². The molecule has 0 aliphatic rings. The van der Waals surface area contributed by atoms with E-state index in [2.05, 4.69) is 21.0 Å². The minimum atomic E-state index is 0.640. The third-order valence-corrected chi connectivity index (χ3v) is 3.99. The van der Waals surface area contributed by atoms with Crippen molar-refractivity contribution in [3.05, 3.63) is 46.3 Å². The molecular formula is C16H16BrN3O. The molecule has 0 aliphatic carbocycles. The molecule has 0 atom stereocenters. The number of furan rings is 1. The number of aromatic nitrogens is 2. The topological polar surface area (TPSA) is 57.0 Å². The van der Waals surface area contributed by atoms with Crippen molar-refractivity contribution in [2.24, 2.45) is 7.05 Å². The van der Waals surface area contributed by atoms with Gasteiger partial charge in [0.25, 0.3) is 0 Å². The molecule has 108 valence electrons. The van der Waals surface area contributed by atoms with Crippen LogP contribution in [0, 0.1) is 13.8 Å². The maximum absolute atomic E-state index is 6.23. The summed E-state index contributed by atoms with van der Waals surface area (Å²) in [6.45, 7) is 3.87. The number of aryl methyl sites for hydroxylation is 3. The number of hydrogen-bond acceptors (Lipinski definition) is 3. The fourth-order valence-electron chi connectivity index (χ4n) is 2.52. The van der Waals surface area contributed by atoms with Crippen LogP contribution in [0.1, 0.15) is 11.5 Å².